The van der Waals surface area contributed by atoms with E-state index in [1.54, 1.807) is 0 Å². The molecule has 0 fully saturated rings. The van der Waals surface area contributed by atoms with Crippen molar-refractivity contribution < 1.29 is 39.3 Å². The summed E-state index contributed by atoms with van der Waals surface area (Å²) < 4.78 is 92.1. The summed E-state index contributed by atoms with van der Waals surface area (Å²) >= 11 is 0. The molecule has 2 aromatic rings. The van der Waals surface area contributed by atoms with E-state index in [0.29, 0.717) is 0 Å². The zero-order valence-electron chi connectivity index (χ0n) is 17.9. The fourth-order valence-corrected chi connectivity index (χ4v) is 3.80. The Morgan fingerprint density at radius 1 is 0.903 bits per heavy atom. The summed E-state index contributed by atoms with van der Waals surface area (Å²) in [5.74, 6) is -1.16. The highest BCUT2D eigenvalue weighted by Gasteiger charge is 2.49. The first kappa shape index (κ1) is 25.0. The zero-order valence-corrected chi connectivity index (χ0v) is 19.7. The van der Waals surface area contributed by atoms with Crippen LogP contribution in [-0.4, -0.2) is 29.4 Å². The molecular weight excluding hydrogens is 456 g/mol. The summed E-state index contributed by atoms with van der Waals surface area (Å²) in [6.45, 7) is 9.71. The molecule has 172 valence electrons. The van der Waals surface area contributed by atoms with Gasteiger partial charge in [-0.3, -0.25) is 0 Å². The van der Waals surface area contributed by atoms with E-state index < -0.39 is 35.5 Å². The molecule has 0 spiro atoms. The normalized spacial score (nSPS) is 13.1. The van der Waals surface area contributed by atoms with E-state index in [9.17, 15) is 26.0 Å². The first-order valence-corrected chi connectivity index (χ1v) is 13.5. The third-order valence-corrected chi connectivity index (χ3v) is 10.4. The average molecular weight is 481 g/mol. The zero-order chi connectivity index (χ0) is 23.8. The van der Waals surface area contributed by atoms with Crippen molar-refractivity contribution in [3.8, 4) is 28.4 Å². The van der Waals surface area contributed by atoms with Crippen LogP contribution in [0.15, 0.2) is 36.4 Å². The van der Waals surface area contributed by atoms with Crippen LogP contribution in [-0.2, 0) is 10.1 Å². The highest BCUT2D eigenvalue weighted by Crippen LogP contribution is 2.42. The molecule has 0 N–H and O–H groups in total. The molecule has 5 nitrogen and oxygen atoms in total. The van der Waals surface area contributed by atoms with Crippen molar-refractivity contribution in [3.05, 3.63) is 42.2 Å². The molecule has 31 heavy (non-hydrogen) atoms. The minimum Gasteiger partial charge on any atom is -0.543 e. The van der Waals surface area contributed by atoms with E-state index in [1.165, 1.54) is 31.4 Å². The van der Waals surface area contributed by atoms with Crippen LogP contribution in [0.2, 0.25) is 18.1 Å². The van der Waals surface area contributed by atoms with E-state index in [1.807, 2.05) is 33.9 Å². The Bertz CT molecular complexity index is 1060. The highest BCUT2D eigenvalue weighted by molar-refractivity contribution is 7.88. The highest BCUT2D eigenvalue weighted by atomic mass is 32.2. The van der Waals surface area contributed by atoms with Crippen LogP contribution in [0.3, 0.4) is 0 Å². The summed E-state index contributed by atoms with van der Waals surface area (Å²) in [5, 5.41) is -0.232. The Hall–Kier alpha value is -2.27. The molecule has 11 heteroatoms. The molecule has 0 aliphatic rings. The van der Waals surface area contributed by atoms with E-state index >= 15 is 0 Å². The van der Waals surface area contributed by atoms with Crippen LogP contribution in [0.25, 0.3) is 11.1 Å². The average Bonchev–Trinajstić information content (AvgIpc) is 2.60. The number of ether oxygens (including phenoxy) is 1. The van der Waals surface area contributed by atoms with Crippen molar-refractivity contribution in [3.63, 3.8) is 0 Å². The van der Waals surface area contributed by atoms with Crippen molar-refractivity contribution in [2.75, 3.05) is 7.11 Å². The quantitative estimate of drug-likeness (QED) is 0.216. The van der Waals surface area contributed by atoms with Crippen molar-refractivity contribution >= 4 is 18.4 Å². The number of hydrogen-bond donors (Lipinski definition) is 0. The molecule has 0 radical (unpaired) electrons. The summed E-state index contributed by atoms with van der Waals surface area (Å²) in [6, 6.07) is 7.31. The van der Waals surface area contributed by atoms with Gasteiger partial charge in [-0.25, -0.2) is 4.39 Å². The standard InChI is InChI=1S/C20H24F4O5SSi/c1-19(2,3)31(5,6)29-14-7-9-15(16-11-13(27-4)8-10-17(16)21)18(12-14)28-30(25,26)20(22,23)24/h7-12H,1-6H3. The van der Waals surface area contributed by atoms with Gasteiger partial charge < -0.3 is 13.3 Å². The predicted molar refractivity (Wildman–Crippen MR) is 112 cm³/mol. The molecule has 0 saturated heterocycles. The smallest absolute Gasteiger partial charge is 0.534 e. The molecule has 0 aromatic heterocycles. The van der Waals surface area contributed by atoms with E-state index in [-0.39, 0.29) is 27.7 Å². The number of methoxy groups -OCH3 is 1. The molecule has 0 aliphatic carbocycles. The van der Waals surface area contributed by atoms with Gasteiger partial charge in [-0.1, -0.05) is 20.8 Å². The Kier molecular flexibility index (Phi) is 6.72. The number of benzene rings is 2. The molecule has 0 bridgehead atoms. The van der Waals surface area contributed by atoms with Crippen LogP contribution in [0, 0.1) is 5.82 Å². The molecule has 2 aromatic carbocycles. The molecule has 0 heterocycles. The molecule has 0 atom stereocenters. The maximum Gasteiger partial charge on any atom is 0.534 e. The minimum atomic E-state index is -6.00. The SMILES string of the molecule is COc1ccc(F)c(-c2ccc(O[Si](C)(C)C(C)(C)C)cc2OS(=O)(=O)C(F)(F)F)c1. The van der Waals surface area contributed by atoms with E-state index in [0.717, 1.165) is 12.1 Å². The van der Waals surface area contributed by atoms with Gasteiger partial charge in [0, 0.05) is 17.2 Å². The third-order valence-electron chi connectivity index (χ3n) is 5.08. The van der Waals surface area contributed by atoms with Gasteiger partial charge in [0.05, 0.1) is 7.11 Å². The molecule has 2 rings (SSSR count). The van der Waals surface area contributed by atoms with Crippen LogP contribution in [0.1, 0.15) is 20.8 Å². The van der Waals surface area contributed by atoms with Gasteiger partial charge >= 0.3 is 15.6 Å². The van der Waals surface area contributed by atoms with Crippen LogP contribution in [0.4, 0.5) is 17.6 Å². The summed E-state index contributed by atoms with van der Waals surface area (Å²) in [4.78, 5) is 0. The second-order valence-electron chi connectivity index (χ2n) is 8.35. The monoisotopic (exact) mass is 480 g/mol. The van der Waals surface area contributed by atoms with Gasteiger partial charge in [-0.2, -0.15) is 21.6 Å². The van der Waals surface area contributed by atoms with Gasteiger partial charge in [0.2, 0.25) is 8.32 Å². The number of halogens is 4. The second-order valence-corrected chi connectivity index (χ2v) is 14.6. The lowest BCUT2D eigenvalue weighted by Gasteiger charge is -2.36. The van der Waals surface area contributed by atoms with Gasteiger partial charge in [-0.05, 0) is 48.5 Å². The van der Waals surface area contributed by atoms with Gasteiger partial charge in [0.25, 0.3) is 0 Å². The molecular formula is C20H24F4O5SSi. The lowest BCUT2D eigenvalue weighted by Crippen LogP contribution is -2.43. The fraction of sp³-hybridized carbons (Fsp3) is 0.400. The molecule has 0 saturated carbocycles. The number of hydrogen-bond acceptors (Lipinski definition) is 5. The van der Waals surface area contributed by atoms with Crippen LogP contribution < -0.4 is 13.3 Å². The summed E-state index contributed by atoms with van der Waals surface area (Å²) in [5.41, 5.74) is -6.05. The molecule has 0 aliphatic heterocycles. The van der Waals surface area contributed by atoms with Crippen molar-refractivity contribution in [1.29, 1.82) is 0 Å². The van der Waals surface area contributed by atoms with Crippen molar-refractivity contribution in [2.24, 2.45) is 0 Å². The Balaban J connectivity index is 2.66. The minimum absolute atomic E-state index is 0.117. The van der Waals surface area contributed by atoms with Gasteiger partial charge in [-0.15, -0.1) is 0 Å². The van der Waals surface area contributed by atoms with Crippen molar-refractivity contribution in [2.45, 2.75) is 44.4 Å². The summed E-state index contributed by atoms with van der Waals surface area (Å²) in [7, 11) is -7.07. The van der Waals surface area contributed by atoms with E-state index in [2.05, 4.69) is 4.18 Å². The number of alkyl halides is 3. The topological polar surface area (TPSA) is 61.8 Å². The molecule has 0 unspecified atom stereocenters. The predicted octanol–water partition coefficient (Wildman–Crippen LogP) is 6.11. The largest absolute Gasteiger partial charge is 0.543 e. The first-order chi connectivity index (χ1) is 14.0. The Morgan fingerprint density at radius 2 is 1.48 bits per heavy atom. The Morgan fingerprint density at radius 3 is 2.00 bits per heavy atom. The van der Waals surface area contributed by atoms with Crippen LogP contribution in [0.5, 0.6) is 17.2 Å². The van der Waals surface area contributed by atoms with Crippen molar-refractivity contribution in [1.82, 2.24) is 0 Å². The maximum atomic E-state index is 14.5. The fourth-order valence-electron chi connectivity index (χ4n) is 2.31. The van der Waals surface area contributed by atoms with Gasteiger partial charge in [0.15, 0.2) is 5.75 Å². The third kappa shape index (κ3) is 5.51. The van der Waals surface area contributed by atoms with Gasteiger partial charge in [0.1, 0.15) is 17.3 Å². The lowest BCUT2D eigenvalue weighted by molar-refractivity contribution is -0.0499. The van der Waals surface area contributed by atoms with Crippen LogP contribution >= 0.6 is 0 Å². The first-order valence-electron chi connectivity index (χ1n) is 9.16. The second kappa shape index (κ2) is 8.34. The number of rotatable bonds is 6. The Labute approximate surface area is 180 Å². The summed E-state index contributed by atoms with van der Waals surface area (Å²) in [6.07, 6.45) is 0. The van der Waals surface area contributed by atoms with E-state index in [4.69, 9.17) is 9.16 Å². The molecule has 0 amide bonds. The lowest BCUT2D eigenvalue weighted by atomic mass is 10.0. The maximum absolute atomic E-state index is 14.5.